The second-order valence-corrected chi connectivity index (χ2v) is 4.40. The van der Waals surface area contributed by atoms with Gasteiger partial charge in [-0.15, -0.1) is 0 Å². The first-order valence-corrected chi connectivity index (χ1v) is 5.83. The van der Waals surface area contributed by atoms with Gasteiger partial charge in [-0.1, -0.05) is 0 Å². The fourth-order valence-electron chi connectivity index (χ4n) is 2.17. The van der Waals surface area contributed by atoms with Gasteiger partial charge < -0.3 is 15.7 Å². The first-order chi connectivity index (χ1) is 7.77. The van der Waals surface area contributed by atoms with Gasteiger partial charge in [0.25, 0.3) is 0 Å². The Kier molecular flexibility index (Phi) is 3.88. The van der Waals surface area contributed by atoms with Crippen LogP contribution < -0.4 is 5.73 Å². The molecule has 0 saturated carbocycles. The molecule has 0 spiro atoms. The number of aliphatic hydroxyl groups is 1. The third-order valence-corrected chi connectivity index (χ3v) is 3.12. The zero-order valence-corrected chi connectivity index (χ0v) is 9.42. The number of hydrogen-bond acceptors (Lipinski definition) is 4. The molecular weight excluding hydrogens is 202 g/mol. The molecule has 0 bridgehead atoms. The maximum atomic E-state index is 10.1. The number of rotatable bonds is 4. The Morgan fingerprint density at radius 3 is 2.56 bits per heavy atom. The third kappa shape index (κ3) is 2.78. The highest BCUT2D eigenvalue weighted by molar-refractivity contribution is 5.15. The van der Waals surface area contributed by atoms with Crippen molar-refractivity contribution in [1.82, 2.24) is 9.88 Å². The van der Waals surface area contributed by atoms with Gasteiger partial charge >= 0.3 is 0 Å². The predicted octanol–water partition coefficient (Wildman–Crippen LogP) is 0.538. The van der Waals surface area contributed by atoms with Crippen LogP contribution >= 0.6 is 0 Å². The summed E-state index contributed by atoms with van der Waals surface area (Å²) in [5.41, 5.74) is 6.87. The minimum absolute atomic E-state index is 0.222. The minimum atomic E-state index is -0.594. The van der Waals surface area contributed by atoms with E-state index in [-0.39, 0.29) is 6.04 Å². The number of likely N-dealkylation sites (tertiary alicyclic amines) is 1. The average molecular weight is 221 g/mol. The van der Waals surface area contributed by atoms with E-state index < -0.39 is 6.10 Å². The molecule has 0 aliphatic carbocycles. The van der Waals surface area contributed by atoms with Crippen LogP contribution in [0.1, 0.15) is 24.5 Å². The smallest absolute Gasteiger partial charge is 0.0954 e. The van der Waals surface area contributed by atoms with Gasteiger partial charge in [-0.25, -0.2) is 0 Å². The van der Waals surface area contributed by atoms with E-state index in [0.717, 1.165) is 25.2 Å². The molecule has 0 unspecified atom stereocenters. The van der Waals surface area contributed by atoms with Crippen molar-refractivity contribution in [2.75, 3.05) is 19.6 Å². The summed E-state index contributed by atoms with van der Waals surface area (Å²) in [5, 5.41) is 10.1. The second kappa shape index (κ2) is 5.39. The van der Waals surface area contributed by atoms with E-state index >= 15 is 0 Å². The quantitative estimate of drug-likeness (QED) is 0.779. The Balaban J connectivity index is 1.91. The summed E-state index contributed by atoms with van der Waals surface area (Å²) < 4.78 is 0. The first-order valence-electron chi connectivity index (χ1n) is 5.83. The highest BCUT2D eigenvalue weighted by Gasteiger charge is 2.21. The van der Waals surface area contributed by atoms with Gasteiger partial charge in [-0.05, 0) is 43.6 Å². The lowest BCUT2D eigenvalue weighted by Crippen LogP contribution is -2.40. The summed E-state index contributed by atoms with van der Waals surface area (Å²) >= 11 is 0. The van der Waals surface area contributed by atoms with Crippen LogP contribution in [0, 0.1) is 0 Å². The minimum Gasteiger partial charge on any atom is -0.387 e. The molecule has 2 atom stereocenters. The van der Waals surface area contributed by atoms with Crippen molar-refractivity contribution in [1.29, 1.82) is 0 Å². The van der Waals surface area contributed by atoms with Gasteiger partial charge in [0.05, 0.1) is 6.10 Å². The molecule has 1 fully saturated rings. The Hall–Kier alpha value is -0.970. The van der Waals surface area contributed by atoms with Crippen molar-refractivity contribution in [3.8, 4) is 0 Å². The van der Waals surface area contributed by atoms with Crippen LogP contribution in [0.3, 0.4) is 0 Å². The standard InChI is InChI=1S/C12H19N3O/c13-11(9-15-7-1-2-8-15)12(16)10-3-5-14-6-4-10/h3-6,11-12,16H,1-2,7-9,13H2/t11-,12+/m1/s1. The van der Waals surface area contributed by atoms with E-state index in [2.05, 4.69) is 9.88 Å². The molecule has 1 aromatic rings. The molecule has 4 nitrogen and oxygen atoms in total. The lowest BCUT2D eigenvalue weighted by atomic mass is 10.0. The maximum Gasteiger partial charge on any atom is 0.0954 e. The molecule has 88 valence electrons. The van der Waals surface area contributed by atoms with Gasteiger partial charge in [0.15, 0.2) is 0 Å². The summed E-state index contributed by atoms with van der Waals surface area (Å²) in [6, 6.07) is 3.41. The molecule has 2 rings (SSSR count). The molecule has 4 heteroatoms. The number of nitrogens with two attached hydrogens (primary N) is 1. The van der Waals surface area contributed by atoms with E-state index in [1.165, 1.54) is 12.8 Å². The Morgan fingerprint density at radius 2 is 1.94 bits per heavy atom. The predicted molar refractivity (Wildman–Crippen MR) is 62.8 cm³/mol. The average Bonchev–Trinajstić information content (AvgIpc) is 2.82. The van der Waals surface area contributed by atoms with E-state index in [9.17, 15) is 5.11 Å². The summed E-state index contributed by atoms with van der Waals surface area (Å²) in [6.45, 7) is 2.98. The van der Waals surface area contributed by atoms with Crippen molar-refractivity contribution < 1.29 is 5.11 Å². The van der Waals surface area contributed by atoms with Crippen LogP contribution in [-0.4, -0.2) is 40.7 Å². The molecule has 1 aromatic heterocycles. The number of aromatic nitrogens is 1. The van der Waals surface area contributed by atoms with Crippen molar-refractivity contribution in [3.63, 3.8) is 0 Å². The summed E-state index contributed by atoms with van der Waals surface area (Å²) in [6.07, 6.45) is 5.27. The van der Waals surface area contributed by atoms with E-state index in [1.807, 2.05) is 12.1 Å². The van der Waals surface area contributed by atoms with Crippen LogP contribution in [0.15, 0.2) is 24.5 Å². The first kappa shape index (κ1) is 11.5. The highest BCUT2D eigenvalue weighted by atomic mass is 16.3. The van der Waals surface area contributed by atoms with Crippen LogP contribution in [0.2, 0.25) is 0 Å². The molecule has 16 heavy (non-hydrogen) atoms. The van der Waals surface area contributed by atoms with E-state index in [0.29, 0.717) is 0 Å². The summed E-state index contributed by atoms with van der Waals surface area (Å²) in [7, 11) is 0. The molecule has 1 aliphatic heterocycles. The van der Waals surface area contributed by atoms with Gasteiger partial charge in [-0.2, -0.15) is 0 Å². The highest BCUT2D eigenvalue weighted by Crippen LogP contribution is 2.16. The second-order valence-electron chi connectivity index (χ2n) is 4.40. The van der Waals surface area contributed by atoms with Crippen molar-refractivity contribution in [2.24, 2.45) is 5.73 Å². The van der Waals surface area contributed by atoms with Crippen molar-refractivity contribution >= 4 is 0 Å². The molecule has 1 aliphatic rings. The maximum absolute atomic E-state index is 10.1. The lowest BCUT2D eigenvalue weighted by molar-refractivity contribution is 0.125. The molecule has 0 radical (unpaired) electrons. The van der Waals surface area contributed by atoms with Crippen LogP contribution in [0.25, 0.3) is 0 Å². The molecule has 0 amide bonds. The monoisotopic (exact) mass is 221 g/mol. The molecular formula is C12H19N3O. The van der Waals surface area contributed by atoms with Crippen LogP contribution in [-0.2, 0) is 0 Å². The SMILES string of the molecule is N[C@H](CN1CCCC1)[C@@H](O)c1ccncc1. The topological polar surface area (TPSA) is 62.4 Å². The number of nitrogens with zero attached hydrogens (tertiary/aromatic N) is 2. The van der Waals surface area contributed by atoms with Crippen LogP contribution in [0.5, 0.6) is 0 Å². The van der Waals surface area contributed by atoms with Gasteiger partial charge in [-0.3, -0.25) is 4.98 Å². The van der Waals surface area contributed by atoms with Crippen molar-refractivity contribution in [2.45, 2.75) is 25.0 Å². The number of hydrogen-bond donors (Lipinski definition) is 2. The lowest BCUT2D eigenvalue weighted by Gasteiger charge is -2.24. The fourth-order valence-corrected chi connectivity index (χ4v) is 2.17. The Morgan fingerprint density at radius 1 is 1.31 bits per heavy atom. The normalized spacial score (nSPS) is 20.9. The Bertz CT molecular complexity index is 311. The van der Waals surface area contributed by atoms with Gasteiger partial charge in [0, 0.05) is 25.0 Å². The number of pyridine rings is 1. The van der Waals surface area contributed by atoms with Crippen molar-refractivity contribution in [3.05, 3.63) is 30.1 Å². The molecule has 0 aromatic carbocycles. The zero-order chi connectivity index (χ0) is 11.4. The molecule has 1 saturated heterocycles. The van der Waals surface area contributed by atoms with Gasteiger partial charge in [0.1, 0.15) is 0 Å². The molecule has 2 heterocycles. The summed E-state index contributed by atoms with van der Waals surface area (Å²) in [5.74, 6) is 0. The Labute approximate surface area is 96.1 Å². The van der Waals surface area contributed by atoms with E-state index in [1.54, 1.807) is 12.4 Å². The van der Waals surface area contributed by atoms with Gasteiger partial charge in [0.2, 0.25) is 0 Å². The molecule has 3 N–H and O–H groups in total. The number of aliphatic hydroxyl groups excluding tert-OH is 1. The zero-order valence-electron chi connectivity index (χ0n) is 9.42. The fraction of sp³-hybridized carbons (Fsp3) is 0.583. The van der Waals surface area contributed by atoms with Crippen LogP contribution in [0.4, 0.5) is 0 Å². The largest absolute Gasteiger partial charge is 0.387 e. The summed E-state index contributed by atoms with van der Waals surface area (Å²) in [4.78, 5) is 6.24. The third-order valence-electron chi connectivity index (χ3n) is 3.12. The van der Waals surface area contributed by atoms with E-state index in [4.69, 9.17) is 5.73 Å².